The summed E-state index contributed by atoms with van der Waals surface area (Å²) in [5.41, 5.74) is 0. The van der Waals surface area contributed by atoms with Crippen LogP contribution in [0.25, 0.3) is 0 Å². The molecule has 17 heavy (non-hydrogen) atoms. The van der Waals surface area contributed by atoms with Crippen LogP contribution in [0, 0.1) is 0 Å². The van der Waals surface area contributed by atoms with Crippen molar-refractivity contribution in [2.24, 2.45) is 0 Å². The van der Waals surface area contributed by atoms with E-state index in [1.165, 1.54) is 0 Å². The lowest BCUT2D eigenvalue weighted by atomic mass is 10.1. The molecule has 0 radical (unpaired) electrons. The van der Waals surface area contributed by atoms with Crippen molar-refractivity contribution in [3.8, 4) is 0 Å². The molecule has 0 aliphatic heterocycles. The van der Waals surface area contributed by atoms with Crippen molar-refractivity contribution in [2.45, 2.75) is 51.1 Å². The molecule has 0 heterocycles. The van der Waals surface area contributed by atoms with Gasteiger partial charge in [0.15, 0.2) is 11.3 Å². The summed E-state index contributed by atoms with van der Waals surface area (Å²) in [6, 6.07) is 0. The van der Waals surface area contributed by atoms with Crippen LogP contribution in [0.4, 0.5) is 22.0 Å². The van der Waals surface area contributed by atoms with Crippen LogP contribution < -0.4 is 0 Å². The van der Waals surface area contributed by atoms with E-state index >= 15 is 0 Å². The van der Waals surface area contributed by atoms with E-state index in [4.69, 9.17) is 0 Å². The van der Waals surface area contributed by atoms with Crippen molar-refractivity contribution < 1.29 is 26.7 Å². The first-order chi connectivity index (χ1) is 7.88. The third kappa shape index (κ3) is 7.57. The number of thioether (sulfide) groups is 1. The largest absolute Gasteiger partial charge is 0.287 e. The zero-order chi connectivity index (χ0) is 13.4. The maximum atomic E-state index is 13.1. The molecule has 0 saturated heterocycles. The molecule has 0 fully saturated rings. The van der Waals surface area contributed by atoms with E-state index in [9.17, 15) is 26.7 Å². The van der Waals surface area contributed by atoms with E-state index in [1.807, 2.05) is 0 Å². The van der Waals surface area contributed by atoms with Gasteiger partial charge in [0.2, 0.25) is 0 Å². The second-order valence-electron chi connectivity index (χ2n) is 3.48. The topological polar surface area (TPSA) is 17.1 Å². The minimum absolute atomic E-state index is 0.0693. The number of alkyl halides is 5. The van der Waals surface area contributed by atoms with E-state index in [-0.39, 0.29) is 17.3 Å². The minimum Gasteiger partial charge on any atom is -0.287 e. The van der Waals surface area contributed by atoms with Crippen molar-refractivity contribution in [3.63, 3.8) is 0 Å². The summed E-state index contributed by atoms with van der Waals surface area (Å²) >= 11 is 0.860. The Balaban J connectivity index is 3.81. The van der Waals surface area contributed by atoms with Gasteiger partial charge in [-0.2, -0.15) is 0 Å². The SMILES string of the molecule is CCC(=O)SCCC(F)C(F)CC(F)C(F)F. The third-order valence-corrected chi connectivity index (χ3v) is 3.11. The molecule has 1 nitrogen and oxygen atoms in total. The Morgan fingerprint density at radius 3 is 2.12 bits per heavy atom. The third-order valence-electron chi connectivity index (χ3n) is 2.06. The number of carbonyl (C=O) groups excluding carboxylic acids is 1. The highest BCUT2D eigenvalue weighted by atomic mass is 32.2. The second-order valence-corrected chi connectivity index (χ2v) is 4.63. The van der Waals surface area contributed by atoms with Crippen molar-refractivity contribution >= 4 is 16.9 Å². The molecule has 0 saturated carbocycles. The summed E-state index contributed by atoms with van der Waals surface area (Å²) in [4.78, 5) is 10.8. The Kier molecular flexibility index (Phi) is 8.55. The van der Waals surface area contributed by atoms with Crippen LogP contribution in [0.2, 0.25) is 0 Å². The van der Waals surface area contributed by atoms with Crippen molar-refractivity contribution in [2.75, 3.05) is 5.75 Å². The van der Waals surface area contributed by atoms with E-state index in [1.54, 1.807) is 6.92 Å². The van der Waals surface area contributed by atoms with Gasteiger partial charge in [0.05, 0.1) is 0 Å². The summed E-state index contributed by atoms with van der Waals surface area (Å²) in [5, 5.41) is -0.149. The van der Waals surface area contributed by atoms with Crippen molar-refractivity contribution in [1.29, 1.82) is 0 Å². The Bertz CT molecular complexity index is 227. The Morgan fingerprint density at radius 2 is 1.65 bits per heavy atom. The molecule has 0 aliphatic rings. The first-order valence-electron chi connectivity index (χ1n) is 5.24. The van der Waals surface area contributed by atoms with Crippen LogP contribution in [0.1, 0.15) is 26.2 Å². The quantitative estimate of drug-likeness (QED) is 0.629. The number of halogens is 5. The highest BCUT2D eigenvalue weighted by molar-refractivity contribution is 8.13. The van der Waals surface area contributed by atoms with Gasteiger partial charge < -0.3 is 0 Å². The average Bonchev–Trinajstić information content (AvgIpc) is 2.28. The molecule has 0 bridgehead atoms. The van der Waals surface area contributed by atoms with Crippen LogP contribution in [0.5, 0.6) is 0 Å². The Hall–Kier alpha value is -0.330. The van der Waals surface area contributed by atoms with Crippen molar-refractivity contribution in [3.05, 3.63) is 0 Å². The van der Waals surface area contributed by atoms with Gasteiger partial charge in [0, 0.05) is 18.6 Å². The summed E-state index contributed by atoms with van der Waals surface area (Å²) in [6.45, 7) is 1.64. The molecule has 0 aliphatic carbocycles. The molecule has 3 atom stereocenters. The zero-order valence-corrected chi connectivity index (χ0v) is 10.2. The molecule has 102 valence electrons. The first kappa shape index (κ1) is 16.7. The fourth-order valence-corrected chi connectivity index (χ4v) is 1.81. The maximum absolute atomic E-state index is 13.1. The molecule has 0 aromatic heterocycles. The first-order valence-corrected chi connectivity index (χ1v) is 6.23. The molecule has 0 aromatic rings. The van der Waals surface area contributed by atoms with Gasteiger partial charge in [-0.05, 0) is 6.42 Å². The molecule has 0 amide bonds. The van der Waals surface area contributed by atoms with E-state index < -0.39 is 31.4 Å². The predicted molar refractivity (Wildman–Crippen MR) is 57.7 cm³/mol. The van der Waals surface area contributed by atoms with E-state index in [0.717, 1.165) is 11.8 Å². The summed E-state index contributed by atoms with van der Waals surface area (Å²) in [7, 11) is 0. The predicted octanol–water partition coefficient (Wildman–Crippen LogP) is 3.72. The fraction of sp³-hybridized carbons (Fsp3) is 0.900. The zero-order valence-electron chi connectivity index (χ0n) is 9.34. The van der Waals surface area contributed by atoms with Gasteiger partial charge in [-0.25, -0.2) is 22.0 Å². The van der Waals surface area contributed by atoms with Crippen LogP contribution in [-0.4, -0.2) is 35.8 Å². The lowest BCUT2D eigenvalue weighted by Gasteiger charge is -2.15. The second kappa shape index (κ2) is 8.72. The fourth-order valence-electron chi connectivity index (χ4n) is 1.03. The summed E-state index contributed by atoms with van der Waals surface area (Å²) in [6.07, 6.45) is -11.3. The summed E-state index contributed by atoms with van der Waals surface area (Å²) < 4.78 is 61.9. The van der Waals surface area contributed by atoms with Crippen LogP contribution in [-0.2, 0) is 4.79 Å². The molecule has 0 N–H and O–H groups in total. The molecule has 0 spiro atoms. The highest BCUT2D eigenvalue weighted by Gasteiger charge is 2.29. The monoisotopic (exact) mass is 278 g/mol. The molecular formula is C10H15F5OS. The number of carbonyl (C=O) groups is 1. The van der Waals surface area contributed by atoms with Crippen molar-refractivity contribution in [1.82, 2.24) is 0 Å². The highest BCUT2D eigenvalue weighted by Crippen LogP contribution is 2.21. The number of rotatable bonds is 8. The standard InChI is InChI=1S/C10H15F5OS/c1-2-9(16)17-4-3-6(11)7(12)5-8(13)10(14)15/h6-8,10H,2-5H2,1H3. The molecular weight excluding hydrogens is 263 g/mol. The maximum Gasteiger partial charge on any atom is 0.269 e. The minimum atomic E-state index is -3.29. The van der Waals surface area contributed by atoms with Crippen LogP contribution in [0.3, 0.4) is 0 Å². The molecule has 0 rings (SSSR count). The van der Waals surface area contributed by atoms with E-state index in [0.29, 0.717) is 6.42 Å². The number of hydrogen-bond acceptors (Lipinski definition) is 2. The Labute approximate surface area is 101 Å². The van der Waals surface area contributed by atoms with Gasteiger partial charge in [0.25, 0.3) is 6.43 Å². The molecule has 0 aromatic carbocycles. The van der Waals surface area contributed by atoms with Gasteiger partial charge in [-0.15, -0.1) is 0 Å². The molecule has 7 heteroatoms. The van der Waals surface area contributed by atoms with Gasteiger partial charge >= 0.3 is 0 Å². The summed E-state index contributed by atoms with van der Waals surface area (Å²) in [5.74, 6) is 0.0693. The normalized spacial score (nSPS) is 16.9. The van der Waals surface area contributed by atoms with Gasteiger partial charge in [-0.1, -0.05) is 18.7 Å². The number of hydrogen-bond donors (Lipinski definition) is 0. The lowest BCUT2D eigenvalue weighted by Crippen LogP contribution is -2.25. The Morgan fingerprint density at radius 1 is 1.06 bits per heavy atom. The molecule has 3 unspecified atom stereocenters. The van der Waals surface area contributed by atoms with Crippen LogP contribution in [0.15, 0.2) is 0 Å². The average molecular weight is 278 g/mol. The smallest absolute Gasteiger partial charge is 0.269 e. The van der Waals surface area contributed by atoms with Crippen LogP contribution >= 0.6 is 11.8 Å². The van der Waals surface area contributed by atoms with E-state index in [2.05, 4.69) is 0 Å². The van der Waals surface area contributed by atoms with Gasteiger partial charge in [-0.3, -0.25) is 4.79 Å². The van der Waals surface area contributed by atoms with Gasteiger partial charge in [0.1, 0.15) is 12.3 Å². The lowest BCUT2D eigenvalue weighted by molar-refractivity contribution is -0.110.